The number of rotatable bonds is 3. The maximum absolute atomic E-state index is 12.6. The first-order valence-electron chi connectivity index (χ1n) is 6.56. The number of aliphatic hydroxyl groups excluding tert-OH is 1. The van der Waals surface area contributed by atoms with Crippen LogP contribution in [0, 0.1) is 0 Å². The van der Waals surface area contributed by atoms with Crippen molar-refractivity contribution in [2.45, 2.75) is 5.25 Å². The third-order valence-corrected chi connectivity index (χ3v) is 4.80. The summed E-state index contributed by atoms with van der Waals surface area (Å²) in [6, 6.07) is 9.93. The van der Waals surface area contributed by atoms with Gasteiger partial charge in [-0.05, 0) is 23.3 Å². The zero-order valence-electron chi connectivity index (χ0n) is 11.1. The summed E-state index contributed by atoms with van der Waals surface area (Å²) in [7, 11) is 0. The van der Waals surface area contributed by atoms with Crippen molar-refractivity contribution in [1.82, 2.24) is 0 Å². The molecule has 4 nitrogen and oxygen atoms in total. The number of hydrogen-bond acceptors (Lipinski definition) is 5. The molecule has 0 aromatic heterocycles. The number of aromatic hydroxyl groups is 2. The molecule has 2 aromatic carbocycles. The smallest absolute Gasteiger partial charge is 0.201 e. The van der Waals surface area contributed by atoms with E-state index < -0.39 is 0 Å². The quantitative estimate of drug-likeness (QED) is 0.812. The van der Waals surface area contributed by atoms with E-state index in [0.29, 0.717) is 5.75 Å². The van der Waals surface area contributed by atoms with Crippen LogP contribution in [-0.4, -0.2) is 33.5 Å². The molecule has 3 N–H and O–H groups in total. The Hall–Kier alpha value is -1.98. The molecule has 0 unspecified atom stereocenters. The second-order valence-corrected chi connectivity index (χ2v) is 6.00. The minimum absolute atomic E-state index is 0.0252. The second-order valence-electron chi connectivity index (χ2n) is 4.79. The van der Waals surface area contributed by atoms with E-state index in [1.165, 1.54) is 23.9 Å². The van der Waals surface area contributed by atoms with Crippen LogP contribution in [0.15, 0.2) is 36.4 Å². The van der Waals surface area contributed by atoms with Crippen LogP contribution in [-0.2, 0) is 0 Å². The number of carbonyl (C=O) groups excluding carboxylic acids is 1. The number of ketones is 1. The van der Waals surface area contributed by atoms with E-state index >= 15 is 0 Å². The molecule has 3 rings (SSSR count). The van der Waals surface area contributed by atoms with Crippen LogP contribution < -0.4 is 0 Å². The van der Waals surface area contributed by atoms with Gasteiger partial charge in [0.05, 0.1) is 23.0 Å². The molecule has 1 aliphatic rings. The van der Waals surface area contributed by atoms with Crippen LogP contribution in [0.2, 0.25) is 0 Å². The fraction of sp³-hybridized carbons (Fsp3) is 0.188. The highest BCUT2D eigenvalue weighted by molar-refractivity contribution is 7.99. The number of thioether (sulfide) groups is 1. The lowest BCUT2D eigenvalue weighted by atomic mass is 9.83. The lowest BCUT2D eigenvalue weighted by Crippen LogP contribution is -2.18. The Bertz CT molecular complexity index is 656. The zero-order valence-corrected chi connectivity index (χ0v) is 11.9. The van der Waals surface area contributed by atoms with Gasteiger partial charge in [0.25, 0.3) is 0 Å². The van der Waals surface area contributed by atoms with Gasteiger partial charge in [0.15, 0.2) is 0 Å². The molecule has 0 atom stereocenters. The van der Waals surface area contributed by atoms with Crippen LogP contribution >= 0.6 is 11.8 Å². The third kappa shape index (κ3) is 2.18. The van der Waals surface area contributed by atoms with Gasteiger partial charge >= 0.3 is 0 Å². The summed E-state index contributed by atoms with van der Waals surface area (Å²) in [5.74, 6) is -0.0256. The Morgan fingerprint density at radius 2 is 1.48 bits per heavy atom. The van der Waals surface area contributed by atoms with E-state index in [2.05, 4.69) is 0 Å². The van der Waals surface area contributed by atoms with Gasteiger partial charge < -0.3 is 15.3 Å². The van der Waals surface area contributed by atoms with Crippen molar-refractivity contribution in [3.63, 3.8) is 0 Å². The Balaban J connectivity index is 2.24. The number of phenols is 2. The number of phenolic OH excluding ortho intramolecular Hbond substituents is 2. The van der Waals surface area contributed by atoms with Gasteiger partial charge in [-0.2, -0.15) is 0 Å². The summed E-state index contributed by atoms with van der Waals surface area (Å²) in [4.78, 5) is 12.6. The van der Waals surface area contributed by atoms with E-state index in [4.69, 9.17) is 5.11 Å². The Labute approximate surface area is 126 Å². The maximum atomic E-state index is 12.6. The lowest BCUT2D eigenvalue weighted by Gasteiger charge is -2.27. The molecule has 0 saturated heterocycles. The van der Waals surface area contributed by atoms with E-state index in [1.807, 2.05) is 0 Å². The molecule has 21 heavy (non-hydrogen) atoms. The highest BCUT2D eigenvalue weighted by Crippen LogP contribution is 2.47. The minimum atomic E-state index is -0.364. The molecule has 108 valence electrons. The van der Waals surface area contributed by atoms with Crippen molar-refractivity contribution in [2.75, 3.05) is 12.4 Å². The van der Waals surface area contributed by atoms with Crippen molar-refractivity contribution < 1.29 is 20.1 Å². The number of carbonyl (C=O) groups is 1. The molecule has 0 spiro atoms. The summed E-state index contributed by atoms with van der Waals surface area (Å²) in [6.07, 6.45) is 0. The molecule has 0 fully saturated rings. The summed E-state index contributed by atoms with van der Waals surface area (Å²) in [6.45, 7) is 0.0252. The number of benzene rings is 2. The van der Waals surface area contributed by atoms with Gasteiger partial charge in [-0.1, -0.05) is 24.3 Å². The van der Waals surface area contributed by atoms with Crippen molar-refractivity contribution in [3.8, 4) is 11.5 Å². The fourth-order valence-electron chi connectivity index (χ4n) is 2.69. The first-order valence-corrected chi connectivity index (χ1v) is 7.61. The van der Waals surface area contributed by atoms with Gasteiger partial charge in [0, 0.05) is 5.75 Å². The van der Waals surface area contributed by atoms with Gasteiger partial charge in [0.2, 0.25) is 5.78 Å². The van der Waals surface area contributed by atoms with E-state index in [0.717, 1.165) is 11.1 Å². The predicted molar refractivity (Wildman–Crippen MR) is 81.0 cm³/mol. The molecule has 0 heterocycles. The molecule has 0 saturated carbocycles. The first kappa shape index (κ1) is 14.0. The van der Waals surface area contributed by atoms with Crippen LogP contribution in [0.1, 0.15) is 32.3 Å². The standard InChI is InChI=1S/C16H14O4S/c17-7-8-21-16-9-3-1-5-11(18)13(9)15(20)14-10(16)4-2-6-12(14)19/h1-6,16-19H,7-8H2. The van der Waals surface area contributed by atoms with Gasteiger partial charge in [0.1, 0.15) is 11.5 Å². The molecule has 0 amide bonds. The highest BCUT2D eigenvalue weighted by Gasteiger charge is 2.34. The first-order chi connectivity index (χ1) is 10.1. The summed E-state index contributed by atoms with van der Waals surface area (Å²) in [5.41, 5.74) is 1.91. The largest absolute Gasteiger partial charge is 0.507 e. The average molecular weight is 302 g/mol. The minimum Gasteiger partial charge on any atom is -0.507 e. The predicted octanol–water partition coefficient (Wildman–Crippen LogP) is 2.46. The number of fused-ring (bicyclic) bond motifs is 2. The van der Waals surface area contributed by atoms with Crippen molar-refractivity contribution in [3.05, 3.63) is 58.7 Å². The summed E-state index contributed by atoms with van der Waals surface area (Å²) in [5, 5.41) is 28.9. The van der Waals surface area contributed by atoms with Crippen LogP contribution in [0.4, 0.5) is 0 Å². The zero-order chi connectivity index (χ0) is 15.0. The maximum Gasteiger partial charge on any atom is 0.201 e. The fourth-order valence-corrected chi connectivity index (χ4v) is 3.78. The van der Waals surface area contributed by atoms with Crippen molar-refractivity contribution in [1.29, 1.82) is 0 Å². The monoisotopic (exact) mass is 302 g/mol. The van der Waals surface area contributed by atoms with Gasteiger partial charge in [-0.25, -0.2) is 0 Å². The molecule has 5 heteroatoms. The Kier molecular flexibility index (Phi) is 3.61. The van der Waals surface area contributed by atoms with Crippen LogP contribution in [0.3, 0.4) is 0 Å². The van der Waals surface area contributed by atoms with Crippen LogP contribution in [0.5, 0.6) is 11.5 Å². The topological polar surface area (TPSA) is 77.8 Å². The highest BCUT2D eigenvalue weighted by atomic mass is 32.2. The number of aliphatic hydroxyl groups is 1. The van der Waals surface area contributed by atoms with Gasteiger partial charge in [-0.3, -0.25) is 4.79 Å². The van der Waals surface area contributed by atoms with E-state index in [1.54, 1.807) is 24.3 Å². The van der Waals surface area contributed by atoms with Gasteiger partial charge in [-0.15, -0.1) is 11.8 Å². The molecular weight excluding hydrogens is 288 g/mol. The Morgan fingerprint density at radius 3 is 1.95 bits per heavy atom. The van der Waals surface area contributed by atoms with Crippen molar-refractivity contribution >= 4 is 17.5 Å². The number of hydrogen-bond donors (Lipinski definition) is 3. The average Bonchev–Trinajstić information content (AvgIpc) is 2.47. The Morgan fingerprint density at radius 1 is 0.952 bits per heavy atom. The molecule has 0 radical (unpaired) electrons. The molecule has 0 aliphatic heterocycles. The van der Waals surface area contributed by atoms with E-state index in [-0.39, 0.29) is 40.3 Å². The summed E-state index contributed by atoms with van der Waals surface area (Å²) < 4.78 is 0. The summed E-state index contributed by atoms with van der Waals surface area (Å²) >= 11 is 1.48. The SMILES string of the molecule is O=C1c2c(O)cccc2C(SCCO)c2cccc(O)c21. The second kappa shape index (κ2) is 5.42. The molecule has 1 aliphatic carbocycles. The van der Waals surface area contributed by atoms with Crippen molar-refractivity contribution in [2.24, 2.45) is 0 Å². The molecule has 2 aromatic rings. The van der Waals surface area contributed by atoms with E-state index in [9.17, 15) is 15.0 Å². The normalized spacial score (nSPS) is 13.9. The molecule has 0 bridgehead atoms. The molecular formula is C16H14O4S. The van der Waals surface area contributed by atoms with Crippen LogP contribution in [0.25, 0.3) is 0 Å². The third-order valence-electron chi connectivity index (χ3n) is 3.54. The lowest BCUT2D eigenvalue weighted by molar-refractivity contribution is 0.102.